The molecule has 1 nitrogen and oxygen atoms in total. The van der Waals surface area contributed by atoms with Crippen molar-refractivity contribution in [3.8, 4) is 0 Å². The molecule has 1 N–H and O–H groups in total. The number of hydrogen-bond donors (Lipinski definition) is 1. The summed E-state index contributed by atoms with van der Waals surface area (Å²) < 4.78 is 0. The molecule has 0 saturated heterocycles. The summed E-state index contributed by atoms with van der Waals surface area (Å²) in [4.78, 5) is 0. The van der Waals surface area contributed by atoms with E-state index in [1.807, 2.05) is 0 Å². The van der Waals surface area contributed by atoms with Gasteiger partial charge in [-0.25, -0.2) is 0 Å². The molecule has 0 aliphatic heterocycles. The van der Waals surface area contributed by atoms with Gasteiger partial charge in [0.05, 0.1) is 0 Å². The lowest BCUT2D eigenvalue weighted by molar-refractivity contribution is 0.402. The molecule has 0 radical (unpaired) electrons. The van der Waals surface area contributed by atoms with Crippen LogP contribution in [0.15, 0.2) is 24.3 Å². The van der Waals surface area contributed by atoms with E-state index in [1.54, 1.807) is 0 Å². The van der Waals surface area contributed by atoms with Crippen LogP contribution in [0.1, 0.15) is 78.0 Å². The fourth-order valence-corrected chi connectivity index (χ4v) is 2.44. The van der Waals surface area contributed by atoms with Crippen LogP contribution in [-0.4, -0.2) is 6.54 Å². The van der Waals surface area contributed by atoms with Gasteiger partial charge >= 0.3 is 0 Å². The van der Waals surface area contributed by atoms with Gasteiger partial charge in [-0.1, -0.05) is 72.2 Å². The summed E-state index contributed by atoms with van der Waals surface area (Å²) in [5.41, 5.74) is 3.09. The van der Waals surface area contributed by atoms with Crippen molar-refractivity contribution in [2.45, 2.75) is 72.3 Å². The van der Waals surface area contributed by atoms with Gasteiger partial charge in [0.25, 0.3) is 0 Å². The predicted molar refractivity (Wildman–Crippen MR) is 90.2 cm³/mol. The molecule has 0 amide bonds. The van der Waals surface area contributed by atoms with Crippen molar-refractivity contribution in [3.63, 3.8) is 0 Å². The maximum atomic E-state index is 3.71. The fraction of sp³-hybridized carbons (Fsp3) is 0.684. The van der Waals surface area contributed by atoms with E-state index >= 15 is 0 Å². The van der Waals surface area contributed by atoms with Gasteiger partial charge in [0.15, 0.2) is 0 Å². The van der Waals surface area contributed by atoms with Gasteiger partial charge in [-0.2, -0.15) is 0 Å². The molecule has 0 heterocycles. The van der Waals surface area contributed by atoms with Crippen LogP contribution < -0.4 is 5.32 Å². The molecule has 0 aromatic heterocycles. The third kappa shape index (κ3) is 5.28. The molecule has 1 aromatic carbocycles. The van der Waals surface area contributed by atoms with Crippen molar-refractivity contribution in [1.82, 2.24) is 5.32 Å². The topological polar surface area (TPSA) is 12.0 Å². The monoisotopic (exact) mass is 275 g/mol. The highest BCUT2D eigenvalue weighted by Gasteiger charge is 2.16. The van der Waals surface area contributed by atoms with E-state index in [4.69, 9.17) is 0 Å². The Balaban J connectivity index is 2.84. The van der Waals surface area contributed by atoms with Crippen molar-refractivity contribution in [3.05, 3.63) is 35.4 Å². The number of nitrogens with one attached hydrogen (secondary N) is 1. The smallest absolute Gasteiger partial charge is 0.0322 e. The molecule has 0 spiro atoms. The number of benzene rings is 1. The maximum absolute atomic E-state index is 3.71. The molecule has 1 aromatic rings. The van der Waals surface area contributed by atoms with Crippen LogP contribution in [0.3, 0.4) is 0 Å². The van der Waals surface area contributed by atoms with Crippen LogP contribution in [-0.2, 0) is 5.41 Å². The molecule has 114 valence electrons. The largest absolute Gasteiger partial charge is 0.310 e. The summed E-state index contributed by atoms with van der Waals surface area (Å²) >= 11 is 0. The van der Waals surface area contributed by atoms with E-state index in [-0.39, 0.29) is 5.41 Å². The number of hydrogen-bond acceptors (Lipinski definition) is 1. The first kappa shape index (κ1) is 17.2. The molecule has 1 heteroatoms. The van der Waals surface area contributed by atoms with Crippen molar-refractivity contribution < 1.29 is 0 Å². The summed E-state index contributed by atoms with van der Waals surface area (Å²) in [7, 11) is 0. The van der Waals surface area contributed by atoms with Crippen LogP contribution in [0.2, 0.25) is 0 Å². The van der Waals surface area contributed by atoms with Gasteiger partial charge in [0, 0.05) is 6.04 Å². The van der Waals surface area contributed by atoms with Crippen molar-refractivity contribution in [1.29, 1.82) is 0 Å². The third-order valence-corrected chi connectivity index (χ3v) is 4.15. The standard InChI is InChI=1S/C19H33N/c1-7-13-20-18(14-15(3)8-2)16-9-11-17(12-10-16)19(4,5)6/h9-12,15,18,20H,7-8,13-14H2,1-6H3. The lowest BCUT2D eigenvalue weighted by Crippen LogP contribution is -2.24. The van der Waals surface area contributed by atoms with Crippen molar-refractivity contribution in [2.24, 2.45) is 5.92 Å². The van der Waals surface area contributed by atoms with Gasteiger partial charge < -0.3 is 5.32 Å². The Morgan fingerprint density at radius 1 is 1.05 bits per heavy atom. The lowest BCUT2D eigenvalue weighted by Gasteiger charge is -2.24. The average molecular weight is 275 g/mol. The molecular weight excluding hydrogens is 242 g/mol. The quantitative estimate of drug-likeness (QED) is 0.696. The first-order chi connectivity index (χ1) is 9.38. The second-order valence-electron chi connectivity index (χ2n) is 7.13. The van der Waals surface area contributed by atoms with Gasteiger partial charge in [-0.15, -0.1) is 0 Å². The van der Waals surface area contributed by atoms with E-state index in [2.05, 4.69) is 71.1 Å². The van der Waals surface area contributed by atoms with Crippen LogP contribution in [0.25, 0.3) is 0 Å². The zero-order valence-electron chi connectivity index (χ0n) is 14.3. The van der Waals surface area contributed by atoms with E-state index in [1.165, 1.54) is 30.4 Å². The minimum Gasteiger partial charge on any atom is -0.310 e. The molecule has 0 aliphatic rings. The Labute approximate surface area is 126 Å². The van der Waals surface area contributed by atoms with Gasteiger partial charge in [-0.05, 0) is 41.8 Å². The summed E-state index contributed by atoms with van der Waals surface area (Å²) in [6.45, 7) is 14.8. The maximum Gasteiger partial charge on any atom is 0.0322 e. The molecule has 2 atom stereocenters. The second kappa shape index (κ2) is 7.83. The summed E-state index contributed by atoms with van der Waals surface area (Å²) in [6.07, 6.45) is 3.67. The summed E-state index contributed by atoms with van der Waals surface area (Å²) in [5, 5.41) is 3.71. The Hall–Kier alpha value is -0.820. The Morgan fingerprint density at radius 2 is 1.65 bits per heavy atom. The Morgan fingerprint density at radius 3 is 2.10 bits per heavy atom. The van der Waals surface area contributed by atoms with Crippen LogP contribution in [0.4, 0.5) is 0 Å². The molecule has 0 fully saturated rings. The SMILES string of the molecule is CCCNC(CC(C)CC)c1ccc(C(C)(C)C)cc1. The highest BCUT2D eigenvalue weighted by molar-refractivity contribution is 5.29. The third-order valence-electron chi connectivity index (χ3n) is 4.15. The van der Waals surface area contributed by atoms with Crippen molar-refractivity contribution >= 4 is 0 Å². The van der Waals surface area contributed by atoms with E-state index in [9.17, 15) is 0 Å². The first-order valence-electron chi connectivity index (χ1n) is 8.22. The minimum atomic E-state index is 0.238. The predicted octanol–water partition coefficient (Wildman–Crippen LogP) is 5.46. The van der Waals surface area contributed by atoms with Gasteiger partial charge in [-0.3, -0.25) is 0 Å². The Bertz CT molecular complexity index is 372. The van der Waals surface area contributed by atoms with Crippen LogP contribution in [0.5, 0.6) is 0 Å². The average Bonchev–Trinajstić information content (AvgIpc) is 2.42. The van der Waals surface area contributed by atoms with E-state index < -0.39 is 0 Å². The lowest BCUT2D eigenvalue weighted by atomic mass is 9.85. The summed E-state index contributed by atoms with van der Waals surface area (Å²) in [6, 6.07) is 9.73. The zero-order valence-corrected chi connectivity index (χ0v) is 14.3. The molecule has 2 unspecified atom stereocenters. The highest BCUT2D eigenvalue weighted by Crippen LogP contribution is 2.27. The molecule has 0 bridgehead atoms. The fourth-order valence-electron chi connectivity index (χ4n) is 2.44. The normalized spacial score (nSPS) is 15.1. The highest BCUT2D eigenvalue weighted by atomic mass is 14.9. The molecule has 20 heavy (non-hydrogen) atoms. The molecule has 0 saturated carbocycles. The van der Waals surface area contributed by atoms with Crippen LogP contribution >= 0.6 is 0 Å². The minimum absolute atomic E-state index is 0.238. The van der Waals surface area contributed by atoms with Crippen molar-refractivity contribution in [2.75, 3.05) is 6.54 Å². The van der Waals surface area contributed by atoms with E-state index in [0.717, 1.165) is 12.5 Å². The Kier molecular flexibility index (Phi) is 6.75. The molecular formula is C19H33N. The molecule has 1 rings (SSSR count). The zero-order chi connectivity index (χ0) is 15.2. The first-order valence-corrected chi connectivity index (χ1v) is 8.22. The number of rotatable bonds is 7. The van der Waals surface area contributed by atoms with Crippen LogP contribution in [0, 0.1) is 5.92 Å². The second-order valence-corrected chi connectivity index (χ2v) is 7.13. The van der Waals surface area contributed by atoms with Gasteiger partial charge in [0.1, 0.15) is 0 Å². The molecule has 0 aliphatic carbocycles. The van der Waals surface area contributed by atoms with E-state index in [0.29, 0.717) is 6.04 Å². The van der Waals surface area contributed by atoms with Gasteiger partial charge in [0.2, 0.25) is 0 Å². The summed E-state index contributed by atoms with van der Waals surface area (Å²) in [5.74, 6) is 0.770.